The molecule has 0 amide bonds. The number of methoxy groups -OCH3 is 1. The first-order valence-electron chi connectivity index (χ1n) is 7.12. The Morgan fingerprint density at radius 2 is 1.94 bits per heavy atom. The predicted molar refractivity (Wildman–Crippen MR) is 73.3 cm³/mol. The van der Waals surface area contributed by atoms with Gasteiger partial charge in [-0.1, -0.05) is 20.8 Å². The molecule has 1 fully saturated rings. The summed E-state index contributed by atoms with van der Waals surface area (Å²) in [5.41, 5.74) is 0. The van der Waals surface area contributed by atoms with Gasteiger partial charge in [0.15, 0.2) is 0 Å². The number of rotatable bonds is 7. The third kappa shape index (κ3) is 4.94. The van der Waals surface area contributed by atoms with Gasteiger partial charge in [-0.05, 0) is 44.3 Å². The van der Waals surface area contributed by atoms with Gasteiger partial charge in [0.2, 0.25) is 0 Å². The lowest BCUT2D eigenvalue weighted by Crippen LogP contribution is -2.46. The average molecular weight is 242 g/mol. The van der Waals surface area contributed by atoms with Crippen molar-refractivity contribution in [2.45, 2.75) is 39.7 Å². The van der Waals surface area contributed by atoms with Gasteiger partial charge in [0, 0.05) is 19.7 Å². The molecule has 1 heterocycles. The van der Waals surface area contributed by atoms with E-state index in [0.29, 0.717) is 12.0 Å². The molecule has 0 aromatic heterocycles. The fraction of sp³-hybridized carbons (Fsp3) is 1.00. The normalized spacial score (nSPS) is 20.1. The van der Waals surface area contributed by atoms with E-state index in [0.717, 1.165) is 19.1 Å². The Morgan fingerprint density at radius 3 is 2.41 bits per heavy atom. The molecule has 1 atom stereocenters. The average Bonchev–Trinajstić information content (AvgIpc) is 2.34. The number of hydrogen-bond acceptors (Lipinski definition) is 3. The van der Waals surface area contributed by atoms with Crippen molar-refractivity contribution in [3.05, 3.63) is 0 Å². The van der Waals surface area contributed by atoms with E-state index in [1.807, 2.05) is 7.11 Å². The summed E-state index contributed by atoms with van der Waals surface area (Å²) in [6.07, 6.45) is 2.66. The van der Waals surface area contributed by atoms with Crippen LogP contribution < -0.4 is 5.32 Å². The highest BCUT2D eigenvalue weighted by Gasteiger charge is 2.24. The van der Waals surface area contributed by atoms with E-state index in [-0.39, 0.29) is 0 Å². The van der Waals surface area contributed by atoms with Gasteiger partial charge in [0.25, 0.3) is 0 Å². The van der Waals surface area contributed by atoms with Crippen LogP contribution in [0.15, 0.2) is 0 Å². The van der Waals surface area contributed by atoms with Gasteiger partial charge in [-0.15, -0.1) is 0 Å². The van der Waals surface area contributed by atoms with Crippen molar-refractivity contribution in [3.8, 4) is 0 Å². The molecule has 1 N–H and O–H groups in total. The van der Waals surface area contributed by atoms with Gasteiger partial charge >= 0.3 is 0 Å². The maximum absolute atomic E-state index is 5.38. The molecule has 1 rings (SSSR count). The predicted octanol–water partition coefficient (Wildman–Crippen LogP) is 1.98. The molecule has 1 unspecified atom stereocenters. The molecule has 17 heavy (non-hydrogen) atoms. The lowest BCUT2D eigenvalue weighted by molar-refractivity contribution is 0.0539. The highest BCUT2D eigenvalue weighted by atomic mass is 16.5. The van der Waals surface area contributed by atoms with E-state index in [4.69, 9.17) is 4.74 Å². The molecule has 3 heteroatoms. The Bertz CT molecular complexity index is 191. The summed E-state index contributed by atoms with van der Waals surface area (Å²) in [6.45, 7) is 12.5. The standard InChI is InChI=1S/C14H30N2O/c1-5-16(14(11-17-4)12(2)3)10-13-6-8-15-9-7-13/h12-15H,5-11H2,1-4H3. The maximum Gasteiger partial charge on any atom is 0.0620 e. The van der Waals surface area contributed by atoms with Crippen molar-refractivity contribution in [2.24, 2.45) is 11.8 Å². The maximum atomic E-state index is 5.38. The van der Waals surface area contributed by atoms with Crippen molar-refractivity contribution >= 4 is 0 Å². The molecule has 1 saturated heterocycles. The van der Waals surface area contributed by atoms with Crippen LogP contribution in [0, 0.1) is 11.8 Å². The first kappa shape index (κ1) is 14.9. The molecule has 0 aromatic rings. The van der Waals surface area contributed by atoms with Gasteiger partial charge in [-0.25, -0.2) is 0 Å². The third-order valence-corrected chi connectivity index (χ3v) is 3.93. The summed E-state index contributed by atoms with van der Waals surface area (Å²) >= 11 is 0. The molecular weight excluding hydrogens is 212 g/mol. The summed E-state index contributed by atoms with van der Waals surface area (Å²) in [5, 5.41) is 3.44. The van der Waals surface area contributed by atoms with Gasteiger partial charge in [-0.3, -0.25) is 4.90 Å². The quantitative estimate of drug-likeness (QED) is 0.739. The van der Waals surface area contributed by atoms with Crippen molar-refractivity contribution in [1.29, 1.82) is 0 Å². The van der Waals surface area contributed by atoms with Crippen LogP contribution in [0.1, 0.15) is 33.6 Å². The van der Waals surface area contributed by atoms with Gasteiger partial charge in [0.05, 0.1) is 6.61 Å². The number of ether oxygens (including phenoxy) is 1. The number of hydrogen-bond donors (Lipinski definition) is 1. The molecule has 1 aliphatic rings. The molecule has 1 aliphatic heterocycles. The lowest BCUT2D eigenvalue weighted by atomic mass is 9.95. The highest BCUT2D eigenvalue weighted by Crippen LogP contribution is 2.18. The minimum atomic E-state index is 0.569. The zero-order valence-electron chi connectivity index (χ0n) is 12.0. The van der Waals surface area contributed by atoms with Gasteiger partial charge in [0.1, 0.15) is 0 Å². The summed E-state index contributed by atoms with van der Waals surface area (Å²) in [6, 6.07) is 0.569. The zero-order chi connectivity index (χ0) is 12.7. The number of likely N-dealkylation sites (N-methyl/N-ethyl adjacent to an activating group) is 1. The van der Waals surface area contributed by atoms with E-state index in [1.165, 1.54) is 32.5 Å². The number of nitrogens with zero attached hydrogens (tertiary/aromatic N) is 1. The van der Waals surface area contributed by atoms with E-state index in [1.54, 1.807) is 0 Å². The zero-order valence-corrected chi connectivity index (χ0v) is 12.0. The molecule has 3 nitrogen and oxygen atoms in total. The van der Waals surface area contributed by atoms with E-state index >= 15 is 0 Å². The Labute approximate surface area is 107 Å². The summed E-state index contributed by atoms with van der Waals surface area (Å²) in [4.78, 5) is 2.62. The topological polar surface area (TPSA) is 24.5 Å². The van der Waals surface area contributed by atoms with Crippen LogP contribution in [0.3, 0.4) is 0 Å². The van der Waals surface area contributed by atoms with Crippen molar-refractivity contribution in [1.82, 2.24) is 10.2 Å². The first-order valence-corrected chi connectivity index (χ1v) is 7.12. The first-order chi connectivity index (χ1) is 8.19. The molecule has 0 radical (unpaired) electrons. The van der Waals surface area contributed by atoms with Crippen LogP contribution in [-0.4, -0.2) is 50.8 Å². The second-order valence-corrected chi connectivity index (χ2v) is 5.55. The summed E-state index contributed by atoms with van der Waals surface area (Å²) in [7, 11) is 1.81. The van der Waals surface area contributed by atoms with E-state index in [9.17, 15) is 0 Å². The smallest absolute Gasteiger partial charge is 0.0620 e. The molecule has 0 aromatic carbocycles. The Morgan fingerprint density at radius 1 is 1.29 bits per heavy atom. The molecule has 0 aliphatic carbocycles. The Kier molecular flexibility index (Phi) is 7.09. The van der Waals surface area contributed by atoms with Crippen molar-refractivity contribution < 1.29 is 4.74 Å². The fourth-order valence-corrected chi connectivity index (χ4v) is 2.79. The number of piperidine rings is 1. The molecule has 0 bridgehead atoms. The lowest BCUT2D eigenvalue weighted by Gasteiger charge is -2.36. The fourth-order valence-electron chi connectivity index (χ4n) is 2.79. The minimum Gasteiger partial charge on any atom is -0.383 e. The third-order valence-electron chi connectivity index (χ3n) is 3.93. The van der Waals surface area contributed by atoms with E-state index in [2.05, 4.69) is 31.0 Å². The molecule has 0 saturated carbocycles. The van der Waals surface area contributed by atoms with Crippen LogP contribution in [0.5, 0.6) is 0 Å². The Hall–Kier alpha value is -0.120. The van der Waals surface area contributed by atoms with Crippen LogP contribution in [-0.2, 0) is 4.74 Å². The molecular formula is C14H30N2O. The van der Waals surface area contributed by atoms with Crippen LogP contribution in [0.2, 0.25) is 0 Å². The van der Waals surface area contributed by atoms with E-state index < -0.39 is 0 Å². The van der Waals surface area contributed by atoms with Gasteiger partial charge < -0.3 is 10.1 Å². The van der Waals surface area contributed by atoms with Crippen LogP contribution in [0.4, 0.5) is 0 Å². The van der Waals surface area contributed by atoms with Crippen LogP contribution >= 0.6 is 0 Å². The molecule has 0 spiro atoms. The largest absolute Gasteiger partial charge is 0.383 e. The SMILES string of the molecule is CCN(CC1CCNCC1)C(COC)C(C)C. The summed E-state index contributed by atoms with van der Waals surface area (Å²) < 4.78 is 5.38. The van der Waals surface area contributed by atoms with Crippen LogP contribution in [0.25, 0.3) is 0 Å². The highest BCUT2D eigenvalue weighted by molar-refractivity contribution is 4.78. The molecule has 102 valence electrons. The van der Waals surface area contributed by atoms with Gasteiger partial charge in [-0.2, -0.15) is 0 Å². The van der Waals surface area contributed by atoms with Crippen molar-refractivity contribution in [3.63, 3.8) is 0 Å². The number of nitrogens with one attached hydrogen (secondary N) is 1. The summed E-state index contributed by atoms with van der Waals surface area (Å²) in [5.74, 6) is 1.53. The monoisotopic (exact) mass is 242 g/mol. The van der Waals surface area contributed by atoms with Crippen molar-refractivity contribution in [2.75, 3.05) is 39.9 Å². The second kappa shape index (κ2) is 8.06. The Balaban J connectivity index is 2.48. The minimum absolute atomic E-state index is 0.569. The second-order valence-electron chi connectivity index (χ2n) is 5.55.